The van der Waals surface area contributed by atoms with Crippen molar-refractivity contribution in [3.05, 3.63) is 66.5 Å². The summed E-state index contributed by atoms with van der Waals surface area (Å²) < 4.78 is 33.1. The minimum atomic E-state index is -1.28. The van der Waals surface area contributed by atoms with Crippen LogP contribution in [-0.4, -0.2) is 21.8 Å². The summed E-state index contributed by atoms with van der Waals surface area (Å²) >= 11 is 0. The average Bonchev–Trinajstić information content (AvgIpc) is 3.52. The van der Waals surface area contributed by atoms with Gasteiger partial charge in [-0.05, 0) is 43.2 Å². The zero-order valence-electron chi connectivity index (χ0n) is 16.1. The number of anilines is 3. The predicted molar refractivity (Wildman–Crippen MR) is 108 cm³/mol. The van der Waals surface area contributed by atoms with Crippen molar-refractivity contribution in [1.82, 2.24) is 9.97 Å². The molecule has 1 aliphatic rings. The lowest BCUT2D eigenvalue weighted by Crippen LogP contribution is -2.35. The molecule has 1 fully saturated rings. The summed E-state index contributed by atoms with van der Waals surface area (Å²) in [5, 5.41) is 5.10. The zero-order chi connectivity index (χ0) is 22.0. The smallest absolute Gasteiger partial charge is 0.240 e. The fourth-order valence-electron chi connectivity index (χ4n) is 2.93. The number of hydrogen-bond acceptors (Lipinski definition) is 6. The van der Waals surface area contributed by atoms with Gasteiger partial charge in [-0.3, -0.25) is 9.59 Å². The van der Waals surface area contributed by atoms with Crippen LogP contribution in [0.15, 0.2) is 54.9 Å². The summed E-state index contributed by atoms with van der Waals surface area (Å²) in [5.41, 5.74) is 4.66. The molecule has 3 aromatic rings. The van der Waals surface area contributed by atoms with E-state index >= 15 is 0 Å². The molecule has 4 rings (SSSR count). The van der Waals surface area contributed by atoms with Crippen molar-refractivity contribution < 1.29 is 23.1 Å². The van der Waals surface area contributed by atoms with Gasteiger partial charge < -0.3 is 21.1 Å². The Morgan fingerprint density at radius 2 is 1.68 bits per heavy atom. The first-order valence-corrected chi connectivity index (χ1v) is 9.29. The topological polar surface area (TPSA) is 119 Å². The first kappa shape index (κ1) is 20.2. The maximum atomic E-state index is 14.4. The van der Waals surface area contributed by atoms with Crippen molar-refractivity contribution in [1.29, 1.82) is 0 Å². The number of nitrogens with two attached hydrogens (primary N) is 1. The number of aromatic nitrogens is 2. The molecule has 158 valence electrons. The van der Waals surface area contributed by atoms with Crippen LogP contribution in [0, 0.1) is 17.0 Å². The van der Waals surface area contributed by atoms with Crippen molar-refractivity contribution in [3.8, 4) is 11.6 Å². The van der Waals surface area contributed by atoms with Gasteiger partial charge in [0.1, 0.15) is 23.4 Å². The second kappa shape index (κ2) is 7.98. The standard InChI is InChI=1S/C21H17F2N5O3/c22-12-2-1-3-13(8-12)27-19(29)21(6-7-21)20(30)28-14-4-5-16(15(23)9-14)31-18-10-17(24)25-11-26-18/h1-5,8-11H,6-7H2,(H,27,29)(H,28,30)(H2,24,25,26). The molecule has 10 heteroatoms. The van der Waals surface area contributed by atoms with Crippen LogP contribution in [0.25, 0.3) is 0 Å². The van der Waals surface area contributed by atoms with Gasteiger partial charge in [0.2, 0.25) is 17.7 Å². The SMILES string of the molecule is Nc1cc(Oc2ccc(NC(=O)C3(C(=O)Nc4cccc(F)c4)CC3)cc2F)ncn1. The number of ether oxygens (including phenoxy) is 1. The van der Waals surface area contributed by atoms with Crippen LogP contribution in [0.3, 0.4) is 0 Å². The monoisotopic (exact) mass is 425 g/mol. The molecular formula is C21H17F2N5O3. The van der Waals surface area contributed by atoms with E-state index in [-0.39, 0.29) is 28.8 Å². The quantitative estimate of drug-likeness (QED) is 0.520. The van der Waals surface area contributed by atoms with Crippen LogP contribution in [0.4, 0.5) is 26.0 Å². The number of amides is 2. The number of nitrogen functional groups attached to an aromatic ring is 1. The highest BCUT2D eigenvalue weighted by Crippen LogP contribution is 2.47. The lowest BCUT2D eigenvalue weighted by molar-refractivity contribution is -0.131. The molecule has 1 aromatic heterocycles. The molecule has 1 saturated carbocycles. The Balaban J connectivity index is 1.43. The molecule has 0 unspecified atom stereocenters. The Labute approximate surface area is 175 Å². The first-order chi connectivity index (χ1) is 14.9. The van der Waals surface area contributed by atoms with Crippen molar-refractivity contribution >= 4 is 29.0 Å². The highest BCUT2D eigenvalue weighted by molar-refractivity contribution is 6.16. The fourth-order valence-corrected chi connectivity index (χ4v) is 2.93. The van der Waals surface area contributed by atoms with Crippen LogP contribution in [0.5, 0.6) is 11.6 Å². The number of benzene rings is 2. The zero-order valence-corrected chi connectivity index (χ0v) is 16.1. The minimum absolute atomic E-state index is 0.0640. The molecule has 2 amide bonds. The number of nitrogens with zero attached hydrogens (tertiary/aromatic N) is 2. The van der Waals surface area contributed by atoms with Gasteiger partial charge in [-0.25, -0.2) is 18.7 Å². The molecule has 0 aliphatic heterocycles. The van der Waals surface area contributed by atoms with Gasteiger partial charge in [0.25, 0.3) is 0 Å². The van der Waals surface area contributed by atoms with Crippen LogP contribution in [-0.2, 0) is 9.59 Å². The van der Waals surface area contributed by atoms with Crippen molar-refractivity contribution in [3.63, 3.8) is 0 Å². The maximum Gasteiger partial charge on any atom is 0.240 e. The normalized spacial score (nSPS) is 13.9. The summed E-state index contributed by atoms with van der Waals surface area (Å²) in [5.74, 6) is -2.26. The molecule has 0 atom stereocenters. The molecule has 0 radical (unpaired) electrons. The molecule has 0 bridgehead atoms. The number of carbonyl (C=O) groups is 2. The maximum absolute atomic E-state index is 14.4. The molecular weight excluding hydrogens is 408 g/mol. The highest BCUT2D eigenvalue weighted by Gasteiger charge is 2.56. The second-order valence-corrected chi connectivity index (χ2v) is 7.03. The van der Waals surface area contributed by atoms with E-state index in [2.05, 4.69) is 20.6 Å². The highest BCUT2D eigenvalue weighted by atomic mass is 19.1. The molecule has 1 aliphatic carbocycles. The van der Waals surface area contributed by atoms with Crippen LogP contribution in [0.1, 0.15) is 12.8 Å². The third-order valence-corrected chi connectivity index (χ3v) is 4.77. The van der Waals surface area contributed by atoms with Crippen molar-refractivity contribution in [2.45, 2.75) is 12.8 Å². The Morgan fingerprint density at radius 3 is 2.29 bits per heavy atom. The van der Waals surface area contributed by atoms with Gasteiger partial charge in [-0.15, -0.1) is 0 Å². The molecule has 0 saturated heterocycles. The predicted octanol–water partition coefficient (Wildman–Crippen LogP) is 3.49. The van der Waals surface area contributed by atoms with E-state index in [9.17, 15) is 18.4 Å². The Hall–Kier alpha value is -4.08. The number of rotatable bonds is 6. The molecule has 0 spiro atoms. The van der Waals surface area contributed by atoms with Crippen molar-refractivity contribution in [2.24, 2.45) is 5.41 Å². The summed E-state index contributed by atoms with van der Waals surface area (Å²) in [4.78, 5) is 32.8. The van der Waals surface area contributed by atoms with E-state index in [0.29, 0.717) is 12.8 Å². The Kier molecular flexibility index (Phi) is 5.20. The van der Waals surface area contributed by atoms with Gasteiger partial charge in [0.15, 0.2) is 11.6 Å². The summed E-state index contributed by atoms with van der Waals surface area (Å²) in [6.45, 7) is 0. The lowest BCUT2D eigenvalue weighted by Gasteiger charge is -2.16. The summed E-state index contributed by atoms with van der Waals surface area (Å²) in [7, 11) is 0. The summed E-state index contributed by atoms with van der Waals surface area (Å²) in [6.07, 6.45) is 1.85. The number of nitrogens with one attached hydrogen (secondary N) is 2. The van der Waals surface area contributed by atoms with E-state index in [4.69, 9.17) is 10.5 Å². The third kappa shape index (κ3) is 4.42. The van der Waals surface area contributed by atoms with E-state index in [1.807, 2.05) is 0 Å². The Bertz CT molecular complexity index is 1170. The molecule has 31 heavy (non-hydrogen) atoms. The van der Waals surface area contributed by atoms with Gasteiger partial charge in [0.05, 0.1) is 0 Å². The van der Waals surface area contributed by atoms with Gasteiger partial charge >= 0.3 is 0 Å². The number of hydrogen-bond donors (Lipinski definition) is 3. The van der Waals surface area contributed by atoms with Crippen LogP contribution >= 0.6 is 0 Å². The molecule has 4 N–H and O–H groups in total. The van der Waals surface area contributed by atoms with Gasteiger partial charge in [-0.2, -0.15) is 0 Å². The van der Waals surface area contributed by atoms with Crippen LogP contribution in [0.2, 0.25) is 0 Å². The number of halogens is 2. The minimum Gasteiger partial charge on any atom is -0.436 e. The van der Waals surface area contributed by atoms with E-state index in [1.54, 1.807) is 0 Å². The fraction of sp³-hybridized carbons (Fsp3) is 0.143. The van der Waals surface area contributed by atoms with E-state index in [0.717, 1.165) is 12.1 Å². The largest absolute Gasteiger partial charge is 0.436 e. The van der Waals surface area contributed by atoms with Crippen LogP contribution < -0.4 is 21.1 Å². The molecule has 8 nitrogen and oxygen atoms in total. The van der Waals surface area contributed by atoms with E-state index in [1.165, 1.54) is 42.7 Å². The van der Waals surface area contributed by atoms with Gasteiger partial charge in [-0.1, -0.05) is 6.07 Å². The lowest BCUT2D eigenvalue weighted by atomic mass is 10.0. The number of carbonyl (C=O) groups excluding carboxylic acids is 2. The molecule has 2 aromatic carbocycles. The van der Waals surface area contributed by atoms with Gasteiger partial charge in [0, 0.05) is 23.5 Å². The average molecular weight is 425 g/mol. The summed E-state index contributed by atoms with van der Waals surface area (Å²) in [6, 6.07) is 10.5. The van der Waals surface area contributed by atoms with E-state index < -0.39 is 28.9 Å². The third-order valence-electron chi connectivity index (χ3n) is 4.77. The second-order valence-electron chi connectivity index (χ2n) is 7.03. The first-order valence-electron chi connectivity index (χ1n) is 9.29. The Morgan fingerprint density at radius 1 is 0.968 bits per heavy atom. The van der Waals surface area contributed by atoms with Crippen molar-refractivity contribution in [2.75, 3.05) is 16.4 Å². The molecule has 1 heterocycles.